The zero-order chi connectivity index (χ0) is 29.6. The summed E-state index contributed by atoms with van der Waals surface area (Å²) in [5, 5.41) is 2.01. The Bertz CT molecular complexity index is 1550. The summed E-state index contributed by atoms with van der Waals surface area (Å²) in [4.78, 5) is 63.8. The Kier molecular flexibility index (Phi) is 7.65. The fourth-order valence-electron chi connectivity index (χ4n) is 4.29. The van der Waals surface area contributed by atoms with Crippen LogP contribution < -0.4 is 10.0 Å². The van der Waals surface area contributed by atoms with Crippen molar-refractivity contribution in [3.8, 4) is 0 Å². The molecule has 0 spiro atoms. The lowest BCUT2D eigenvalue weighted by Crippen LogP contribution is -2.54. The van der Waals surface area contributed by atoms with Gasteiger partial charge < -0.3 is 9.64 Å². The molecule has 0 bridgehead atoms. The molecule has 5 amide bonds. The predicted octanol–water partition coefficient (Wildman–Crippen LogP) is 2.91. The number of piperidine rings is 1. The Morgan fingerprint density at radius 1 is 1.12 bits per heavy atom. The number of imide groups is 2. The third-order valence-corrected chi connectivity index (χ3v) is 8.12. The first-order valence-electron chi connectivity index (χ1n) is 12.2. The lowest BCUT2D eigenvalue weighted by atomic mass is 10.0. The smallest absolute Gasteiger partial charge is 0.410 e. The van der Waals surface area contributed by atoms with Crippen LogP contribution in [0.5, 0.6) is 0 Å². The molecule has 2 aromatic rings. The van der Waals surface area contributed by atoms with Crippen LogP contribution in [0.3, 0.4) is 0 Å². The van der Waals surface area contributed by atoms with Crippen LogP contribution in [0.4, 0.5) is 10.5 Å². The van der Waals surface area contributed by atoms with E-state index in [-0.39, 0.29) is 46.1 Å². The first kappa shape index (κ1) is 29.0. The fraction of sp³-hybridized carbons (Fsp3) is 0.346. The Balaban J connectivity index is 1.55. The number of nitrogens with zero attached hydrogens (tertiary/aromatic N) is 2. The minimum atomic E-state index is -4.28. The van der Waals surface area contributed by atoms with E-state index in [0.29, 0.717) is 5.56 Å². The highest BCUT2D eigenvalue weighted by atomic mass is 35.5. The van der Waals surface area contributed by atoms with Crippen molar-refractivity contribution in [2.75, 3.05) is 11.8 Å². The summed E-state index contributed by atoms with van der Waals surface area (Å²) in [6, 6.07) is 6.98. The highest BCUT2D eigenvalue weighted by molar-refractivity contribution is 7.92. The van der Waals surface area contributed by atoms with Crippen LogP contribution in [-0.4, -0.2) is 66.6 Å². The van der Waals surface area contributed by atoms with E-state index in [1.54, 1.807) is 26.8 Å². The first-order valence-corrected chi connectivity index (χ1v) is 14.0. The topological polar surface area (TPSA) is 159 Å². The fourth-order valence-corrected chi connectivity index (χ4v) is 5.95. The summed E-state index contributed by atoms with van der Waals surface area (Å²) < 4.78 is 34.2. The summed E-state index contributed by atoms with van der Waals surface area (Å²) in [5.74, 6) is -2.73. The van der Waals surface area contributed by atoms with Crippen molar-refractivity contribution in [2.24, 2.45) is 0 Å². The molecule has 0 aromatic heterocycles. The number of halogens is 1. The van der Waals surface area contributed by atoms with Gasteiger partial charge in [-0.25, -0.2) is 13.2 Å². The van der Waals surface area contributed by atoms with E-state index < -0.39 is 51.4 Å². The monoisotopic (exact) mass is 590 g/mol. The highest BCUT2D eigenvalue weighted by Gasteiger charge is 2.44. The minimum absolute atomic E-state index is 0.00265. The van der Waals surface area contributed by atoms with Gasteiger partial charge in [-0.3, -0.25) is 34.1 Å². The molecule has 1 saturated heterocycles. The molecule has 4 rings (SSSR count). The lowest BCUT2D eigenvalue weighted by molar-refractivity contribution is -0.136. The molecule has 1 atom stereocenters. The standard InChI is InChI=1S/C26H27ClN4O8S/c1-26(2,3)39-25(36)30(4)13-14-6-5-7-19(21(14)27)40(37,38)29-15-8-9-16-17(12-15)24(35)31(23(16)34)18-10-11-20(32)28-22(18)33/h5-9,12,18,29H,10-11,13H2,1-4H3,(H,28,32,33). The van der Waals surface area contributed by atoms with Crippen LogP contribution in [0, 0.1) is 0 Å². The Labute approximate surface area is 235 Å². The van der Waals surface area contributed by atoms with Crippen LogP contribution in [0.2, 0.25) is 5.02 Å². The van der Waals surface area contributed by atoms with Crippen molar-refractivity contribution in [3.05, 3.63) is 58.1 Å². The van der Waals surface area contributed by atoms with E-state index in [4.69, 9.17) is 16.3 Å². The number of rotatable bonds is 6. The van der Waals surface area contributed by atoms with Gasteiger partial charge in [-0.2, -0.15) is 0 Å². The zero-order valence-electron chi connectivity index (χ0n) is 22.1. The number of amides is 5. The van der Waals surface area contributed by atoms with Gasteiger partial charge in [-0.15, -0.1) is 0 Å². The van der Waals surface area contributed by atoms with Crippen LogP contribution in [0.25, 0.3) is 0 Å². The Morgan fingerprint density at radius 3 is 2.45 bits per heavy atom. The molecule has 2 aliphatic rings. The molecule has 1 fully saturated rings. The van der Waals surface area contributed by atoms with Gasteiger partial charge in [-0.05, 0) is 57.0 Å². The van der Waals surface area contributed by atoms with Crippen molar-refractivity contribution in [3.63, 3.8) is 0 Å². The molecule has 2 aliphatic heterocycles. The second-order valence-corrected chi connectivity index (χ2v) is 12.4. The van der Waals surface area contributed by atoms with E-state index in [2.05, 4.69) is 10.0 Å². The summed E-state index contributed by atoms with van der Waals surface area (Å²) in [5.41, 5.74) is -0.466. The average molecular weight is 591 g/mol. The maximum Gasteiger partial charge on any atom is 0.410 e. The SMILES string of the molecule is CN(Cc1cccc(S(=O)(=O)Nc2ccc3c(c2)C(=O)N(C2CCC(=O)NC2=O)C3=O)c1Cl)C(=O)OC(C)(C)C. The second-order valence-electron chi connectivity index (χ2n) is 10.4. The lowest BCUT2D eigenvalue weighted by Gasteiger charge is -2.27. The second kappa shape index (κ2) is 10.5. The maximum atomic E-state index is 13.3. The largest absolute Gasteiger partial charge is 0.444 e. The number of anilines is 1. The molecule has 212 valence electrons. The highest BCUT2D eigenvalue weighted by Crippen LogP contribution is 2.32. The van der Waals surface area contributed by atoms with Gasteiger partial charge in [0.1, 0.15) is 16.5 Å². The van der Waals surface area contributed by atoms with Crippen molar-refractivity contribution in [1.29, 1.82) is 0 Å². The summed E-state index contributed by atoms with van der Waals surface area (Å²) in [6.45, 7) is 5.14. The van der Waals surface area contributed by atoms with Crippen LogP contribution in [-0.2, 0) is 30.9 Å². The predicted molar refractivity (Wildman–Crippen MR) is 143 cm³/mol. The molecular formula is C26H27ClN4O8S. The van der Waals surface area contributed by atoms with Crippen LogP contribution in [0.1, 0.15) is 59.9 Å². The number of carbonyl (C=O) groups excluding carboxylic acids is 5. The molecule has 14 heteroatoms. The molecule has 0 aliphatic carbocycles. The van der Waals surface area contributed by atoms with E-state index >= 15 is 0 Å². The normalized spacial score (nSPS) is 17.4. The van der Waals surface area contributed by atoms with Crippen molar-refractivity contribution in [2.45, 2.75) is 56.7 Å². The number of fused-ring (bicyclic) bond motifs is 1. The van der Waals surface area contributed by atoms with Crippen molar-refractivity contribution < 1.29 is 37.1 Å². The Morgan fingerprint density at radius 2 is 1.80 bits per heavy atom. The van der Waals surface area contributed by atoms with Gasteiger partial charge >= 0.3 is 6.09 Å². The third kappa shape index (κ3) is 5.80. The van der Waals surface area contributed by atoms with Crippen LogP contribution >= 0.6 is 11.6 Å². The molecule has 0 saturated carbocycles. The summed E-state index contributed by atoms with van der Waals surface area (Å²) >= 11 is 6.44. The van der Waals surface area contributed by atoms with E-state index in [0.717, 1.165) is 4.90 Å². The molecule has 12 nitrogen and oxygen atoms in total. The number of nitrogens with one attached hydrogen (secondary N) is 2. The number of sulfonamides is 1. The van der Waals surface area contributed by atoms with Gasteiger partial charge in [-0.1, -0.05) is 23.7 Å². The molecule has 2 heterocycles. The van der Waals surface area contributed by atoms with Gasteiger partial charge in [0.05, 0.1) is 22.7 Å². The van der Waals surface area contributed by atoms with Gasteiger partial charge in [0.2, 0.25) is 11.8 Å². The summed E-state index contributed by atoms with van der Waals surface area (Å²) in [7, 11) is -2.79. The number of hydrogen-bond donors (Lipinski definition) is 2. The Hall–Kier alpha value is -3.97. The van der Waals surface area contributed by atoms with Crippen molar-refractivity contribution >= 4 is 57.0 Å². The van der Waals surface area contributed by atoms with Gasteiger partial charge in [0.15, 0.2) is 0 Å². The zero-order valence-corrected chi connectivity index (χ0v) is 23.7. The summed E-state index contributed by atoms with van der Waals surface area (Å²) in [6.07, 6.45) is -0.644. The average Bonchev–Trinajstić information content (AvgIpc) is 3.08. The van der Waals surface area contributed by atoms with E-state index in [1.807, 2.05) is 0 Å². The quantitative estimate of drug-likeness (QED) is 0.486. The van der Waals surface area contributed by atoms with Gasteiger partial charge in [0.25, 0.3) is 21.8 Å². The number of ether oxygens (including phenoxy) is 1. The number of benzene rings is 2. The molecule has 0 radical (unpaired) electrons. The molecule has 40 heavy (non-hydrogen) atoms. The molecule has 2 aromatic carbocycles. The van der Waals surface area contributed by atoms with E-state index in [9.17, 15) is 32.4 Å². The number of hydrogen-bond acceptors (Lipinski definition) is 8. The van der Waals surface area contributed by atoms with E-state index in [1.165, 1.54) is 42.3 Å². The minimum Gasteiger partial charge on any atom is -0.444 e. The van der Waals surface area contributed by atoms with Gasteiger partial charge in [0, 0.05) is 19.2 Å². The molecule has 1 unspecified atom stereocenters. The molecular weight excluding hydrogens is 564 g/mol. The molecule has 2 N–H and O–H groups in total. The third-order valence-electron chi connectivity index (χ3n) is 6.14. The van der Waals surface area contributed by atoms with Crippen molar-refractivity contribution in [1.82, 2.24) is 15.1 Å². The van der Waals surface area contributed by atoms with Crippen LogP contribution in [0.15, 0.2) is 41.3 Å². The maximum absolute atomic E-state index is 13.3. The first-order chi connectivity index (χ1) is 18.6. The number of carbonyl (C=O) groups is 5.